The second kappa shape index (κ2) is 5.78. The van der Waals surface area contributed by atoms with E-state index in [9.17, 15) is 4.79 Å². The van der Waals surface area contributed by atoms with Gasteiger partial charge >= 0.3 is 5.97 Å². The molecule has 0 amide bonds. The standard InChI is InChI=1S/C13H8Cl3NO2/c14-9-4-3-8(12(15)13(9)16)7-2-1-5-17-10(7)6-11(18)19/h1-5H,6H2,(H,18,19). The van der Waals surface area contributed by atoms with Crippen molar-refractivity contribution in [3.8, 4) is 11.1 Å². The van der Waals surface area contributed by atoms with Gasteiger partial charge in [0.1, 0.15) is 0 Å². The summed E-state index contributed by atoms with van der Waals surface area (Å²) in [5.74, 6) is -0.962. The van der Waals surface area contributed by atoms with Crippen LogP contribution in [0.1, 0.15) is 5.69 Å². The number of hydrogen-bond acceptors (Lipinski definition) is 2. The number of aliphatic carboxylic acids is 1. The molecule has 0 unspecified atom stereocenters. The third kappa shape index (κ3) is 3.00. The first kappa shape index (κ1) is 14.1. The number of benzene rings is 1. The van der Waals surface area contributed by atoms with Crippen LogP contribution < -0.4 is 0 Å². The third-order valence-corrected chi connectivity index (χ3v) is 3.83. The van der Waals surface area contributed by atoms with Gasteiger partial charge in [0.05, 0.1) is 27.2 Å². The lowest BCUT2D eigenvalue weighted by Crippen LogP contribution is -2.04. The van der Waals surface area contributed by atoms with Crippen molar-refractivity contribution < 1.29 is 9.90 Å². The minimum atomic E-state index is -0.962. The molecule has 0 radical (unpaired) electrons. The number of carbonyl (C=O) groups is 1. The van der Waals surface area contributed by atoms with Gasteiger partial charge in [0, 0.05) is 17.3 Å². The van der Waals surface area contributed by atoms with Crippen LogP contribution in [0.3, 0.4) is 0 Å². The molecule has 0 saturated heterocycles. The fourth-order valence-electron chi connectivity index (χ4n) is 1.70. The Bertz CT molecular complexity index is 644. The van der Waals surface area contributed by atoms with Crippen LogP contribution in [-0.4, -0.2) is 16.1 Å². The molecule has 2 aromatic rings. The highest BCUT2D eigenvalue weighted by molar-refractivity contribution is 6.49. The lowest BCUT2D eigenvalue weighted by Gasteiger charge is -2.10. The number of hydrogen-bond donors (Lipinski definition) is 1. The van der Waals surface area contributed by atoms with Gasteiger partial charge in [0.15, 0.2) is 0 Å². The molecule has 6 heteroatoms. The van der Waals surface area contributed by atoms with Crippen LogP contribution in [0.5, 0.6) is 0 Å². The Hall–Kier alpha value is -1.29. The molecule has 0 aliphatic heterocycles. The van der Waals surface area contributed by atoms with Crippen molar-refractivity contribution in [2.45, 2.75) is 6.42 Å². The van der Waals surface area contributed by atoms with E-state index in [1.54, 1.807) is 24.3 Å². The maximum Gasteiger partial charge on any atom is 0.309 e. The SMILES string of the molecule is O=C(O)Cc1ncccc1-c1ccc(Cl)c(Cl)c1Cl. The van der Waals surface area contributed by atoms with E-state index in [4.69, 9.17) is 39.9 Å². The van der Waals surface area contributed by atoms with Gasteiger partial charge in [-0.3, -0.25) is 9.78 Å². The molecule has 0 bridgehead atoms. The van der Waals surface area contributed by atoms with Crippen molar-refractivity contribution in [2.24, 2.45) is 0 Å². The van der Waals surface area contributed by atoms with Crippen LogP contribution in [0.4, 0.5) is 0 Å². The van der Waals surface area contributed by atoms with E-state index in [2.05, 4.69) is 4.98 Å². The topological polar surface area (TPSA) is 50.2 Å². The molecule has 1 aromatic carbocycles. The summed E-state index contributed by atoms with van der Waals surface area (Å²) < 4.78 is 0. The number of carboxylic acid groups (broad SMARTS) is 1. The molecule has 0 saturated carbocycles. The molecule has 0 fully saturated rings. The normalized spacial score (nSPS) is 10.5. The Labute approximate surface area is 124 Å². The van der Waals surface area contributed by atoms with Gasteiger partial charge in [-0.2, -0.15) is 0 Å². The molecule has 0 aliphatic carbocycles. The monoisotopic (exact) mass is 315 g/mol. The summed E-state index contributed by atoms with van der Waals surface area (Å²) in [6, 6.07) is 6.76. The maximum atomic E-state index is 10.8. The smallest absolute Gasteiger partial charge is 0.309 e. The van der Waals surface area contributed by atoms with E-state index < -0.39 is 5.97 Å². The zero-order valence-corrected chi connectivity index (χ0v) is 11.8. The van der Waals surface area contributed by atoms with Gasteiger partial charge in [0.25, 0.3) is 0 Å². The lowest BCUT2D eigenvalue weighted by atomic mass is 10.0. The highest BCUT2D eigenvalue weighted by atomic mass is 35.5. The summed E-state index contributed by atoms with van der Waals surface area (Å²) in [5.41, 5.74) is 1.67. The minimum Gasteiger partial charge on any atom is -0.481 e. The molecule has 19 heavy (non-hydrogen) atoms. The molecular formula is C13H8Cl3NO2. The predicted molar refractivity (Wildman–Crippen MR) is 76.0 cm³/mol. The molecule has 98 valence electrons. The first-order valence-electron chi connectivity index (χ1n) is 5.30. The second-order valence-corrected chi connectivity index (χ2v) is 4.95. The lowest BCUT2D eigenvalue weighted by molar-refractivity contribution is -0.136. The van der Waals surface area contributed by atoms with Gasteiger partial charge in [-0.05, 0) is 12.1 Å². The van der Waals surface area contributed by atoms with Crippen molar-refractivity contribution in [1.82, 2.24) is 4.98 Å². The van der Waals surface area contributed by atoms with E-state index in [1.165, 1.54) is 6.20 Å². The third-order valence-electron chi connectivity index (χ3n) is 2.53. The zero-order valence-electron chi connectivity index (χ0n) is 9.53. The Morgan fingerprint density at radius 3 is 2.53 bits per heavy atom. The molecular weight excluding hydrogens is 309 g/mol. The van der Waals surface area contributed by atoms with E-state index in [0.29, 0.717) is 21.8 Å². The summed E-state index contributed by atoms with van der Waals surface area (Å²) in [6.07, 6.45) is 1.35. The van der Waals surface area contributed by atoms with Crippen molar-refractivity contribution in [3.63, 3.8) is 0 Å². The molecule has 0 atom stereocenters. The number of halogens is 3. The summed E-state index contributed by atoms with van der Waals surface area (Å²) >= 11 is 18.0. The van der Waals surface area contributed by atoms with Crippen LogP contribution >= 0.6 is 34.8 Å². The van der Waals surface area contributed by atoms with E-state index >= 15 is 0 Å². The van der Waals surface area contributed by atoms with E-state index in [0.717, 1.165) is 0 Å². The Morgan fingerprint density at radius 2 is 1.84 bits per heavy atom. The Morgan fingerprint density at radius 1 is 1.11 bits per heavy atom. The van der Waals surface area contributed by atoms with Gasteiger partial charge in [0.2, 0.25) is 0 Å². The second-order valence-electron chi connectivity index (χ2n) is 3.79. The van der Waals surface area contributed by atoms with Crippen LogP contribution in [0.15, 0.2) is 30.5 Å². The predicted octanol–water partition coefficient (Wildman–Crippen LogP) is 4.34. The zero-order chi connectivity index (χ0) is 14.0. The van der Waals surface area contributed by atoms with Crippen molar-refractivity contribution in [3.05, 3.63) is 51.2 Å². The number of aromatic nitrogens is 1. The highest BCUT2D eigenvalue weighted by Gasteiger charge is 2.15. The van der Waals surface area contributed by atoms with Crippen LogP contribution in [0.25, 0.3) is 11.1 Å². The molecule has 0 spiro atoms. The maximum absolute atomic E-state index is 10.8. The first-order chi connectivity index (χ1) is 9.00. The largest absolute Gasteiger partial charge is 0.481 e. The molecule has 1 heterocycles. The van der Waals surface area contributed by atoms with Gasteiger partial charge in [-0.15, -0.1) is 0 Å². The fraction of sp³-hybridized carbons (Fsp3) is 0.0769. The average molecular weight is 317 g/mol. The Kier molecular flexibility index (Phi) is 4.30. The van der Waals surface area contributed by atoms with Crippen molar-refractivity contribution in [1.29, 1.82) is 0 Å². The van der Waals surface area contributed by atoms with Crippen LogP contribution in [-0.2, 0) is 11.2 Å². The quantitative estimate of drug-likeness (QED) is 0.857. The molecule has 0 aliphatic rings. The van der Waals surface area contributed by atoms with Crippen molar-refractivity contribution in [2.75, 3.05) is 0 Å². The average Bonchev–Trinajstić information content (AvgIpc) is 2.37. The Balaban J connectivity index is 2.59. The fourth-order valence-corrected chi connectivity index (χ4v) is 2.34. The number of rotatable bonds is 3. The minimum absolute atomic E-state index is 0.188. The van der Waals surface area contributed by atoms with E-state index in [1.807, 2.05) is 0 Å². The molecule has 2 rings (SSSR count). The summed E-state index contributed by atoms with van der Waals surface area (Å²) in [4.78, 5) is 14.9. The van der Waals surface area contributed by atoms with Crippen LogP contribution in [0.2, 0.25) is 15.1 Å². The van der Waals surface area contributed by atoms with E-state index in [-0.39, 0.29) is 16.5 Å². The number of pyridine rings is 1. The first-order valence-corrected chi connectivity index (χ1v) is 6.43. The van der Waals surface area contributed by atoms with Gasteiger partial charge in [-0.25, -0.2) is 0 Å². The van der Waals surface area contributed by atoms with Gasteiger partial charge < -0.3 is 5.11 Å². The summed E-state index contributed by atoms with van der Waals surface area (Å²) in [7, 11) is 0. The van der Waals surface area contributed by atoms with Crippen molar-refractivity contribution >= 4 is 40.8 Å². The molecule has 1 aromatic heterocycles. The summed E-state index contributed by atoms with van der Waals surface area (Å²) in [6.45, 7) is 0. The van der Waals surface area contributed by atoms with Gasteiger partial charge in [-0.1, -0.05) is 46.9 Å². The molecule has 3 nitrogen and oxygen atoms in total. The molecule has 1 N–H and O–H groups in total. The number of carboxylic acids is 1. The van der Waals surface area contributed by atoms with Crippen LogP contribution in [0, 0.1) is 0 Å². The number of nitrogens with zero attached hydrogens (tertiary/aromatic N) is 1. The highest BCUT2D eigenvalue weighted by Crippen LogP contribution is 2.38. The summed E-state index contributed by atoms with van der Waals surface area (Å²) in [5, 5.41) is 9.76.